The average Bonchev–Trinajstić information content (AvgIpc) is 2.81. The van der Waals surface area contributed by atoms with E-state index in [1.54, 1.807) is 24.6 Å². The fourth-order valence-corrected chi connectivity index (χ4v) is 2.35. The summed E-state index contributed by atoms with van der Waals surface area (Å²) in [5, 5.41) is 6.25. The fraction of sp³-hybridized carbons (Fsp3) is 0.308. The summed E-state index contributed by atoms with van der Waals surface area (Å²) in [7, 11) is 1.70. The van der Waals surface area contributed by atoms with E-state index >= 15 is 0 Å². The minimum atomic E-state index is 0.177. The van der Waals surface area contributed by atoms with Crippen LogP contribution in [0.5, 0.6) is 5.75 Å². The van der Waals surface area contributed by atoms with Crippen LogP contribution in [-0.4, -0.2) is 12.1 Å². The van der Waals surface area contributed by atoms with Gasteiger partial charge in [-0.3, -0.25) is 0 Å². The van der Waals surface area contributed by atoms with E-state index in [0.717, 1.165) is 16.4 Å². The second-order valence-electron chi connectivity index (χ2n) is 3.95. The first-order chi connectivity index (χ1) is 8.20. The lowest BCUT2D eigenvalue weighted by Crippen LogP contribution is -2.08. The molecule has 0 radical (unpaired) electrons. The van der Waals surface area contributed by atoms with E-state index in [1.807, 2.05) is 5.38 Å². The molecule has 0 bridgehead atoms. The molecule has 90 valence electrons. The molecule has 1 unspecified atom stereocenters. The number of aromatic nitrogens is 1. The first-order valence-electron chi connectivity index (χ1n) is 5.51. The quantitative estimate of drug-likeness (QED) is 0.897. The number of aryl methyl sites for hydroxylation is 1. The predicted octanol–water partition coefficient (Wildman–Crippen LogP) is 3.63. The van der Waals surface area contributed by atoms with E-state index in [2.05, 4.69) is 42.3 Å². The molecule has 2 aromatic rings. The lowest BCUT2D eigenvalue weighted by atomic mass is 10.1. The van der Waals surface area contributed by atoms with Gasteiger partial charge >= 0.3 is 0 Å². The number of hydrogen-bond donors (Lipinski definition) is 1. The Kier molecular flexibility index (Phi) is 3.64. The molecule has 0 amide bonds. The minimum absolute atomic E-state index is 0.177. The van der Waals surface area contributed by atoms with Crippen molar-refractivity contribution in [3.05, 3.63) is 40.9 Å². The molecule has 1 atom stereocenters. The van der Waals surface area contributed by atoms with Crippen LogP contribution in [0.4, 0.5) is 5.13 Å². The van der Waals surface area contributed by atoms with Crippen LogP contribution in [0.3, 0.4) is 0 Å². The zero-order valence-electron chi connectivity index (χ0n) is 10.2. The van der Waals surface area contributed by atoms with E-state index in [1.165, 1.54) is 5.56 Å². The number of nitrogens with zero attached hydrogens (tertiary/aromatic N) is 1. The van der Waals surface area contributed by atoms with Gasteiger partial charge in [0.15, 0.2) is 5.13 Å². The van der Waals surface area contributed by atoms with Crippen LogP contribution in [0.15, 0.2) is 29.8 Å². The van der Waals surface area contributed by atoms with Crippen molar-refractivity contribution in [2.45, 2.75) is 19.9 Å². The predicted molar refractivity (Wildman–Crippen MR) is 71.9 cm³/mol. The van der Waals surface area contributed by atoms with Gasteiger partial charge in [-0.25, -0.2) is 4.98 Å². The molecule has 0 fully saturated rings. The number of nitrogens with one attached hydrogen (secondary N) is 1. The maximum Gasteiger partial charge on any atom is 0.183 e. The largest absolute Gasteiger partial charge is 0.496 e. The molecule has 0 aliphatic heterocycles. The molecule has 0 aliphatic carbocycles. The third kappa shape index (κ3) is 2.77. The molecule has 1 aromatic heterocycles. The normalized spacial score (nSPS) is 12.2. The summed E-state index contributed by atoms with van der Waals surface area (Å²) in [5.41, 5.74) is 2.35. The first kappa shape index (κ1) is 11.9. The Morgan fingerprint density at radius 3 is 2.88 bits per heavy atom. The molecule has 4 heteroatoms. The summed E-state index contributed by atoms with van der Waals surface area (Å²) in [6, 6.07) is 6.42. The van der Waals surface area contributed by atoms with Gasteiger partial charge < -0.3 is 10.1 Å². The Bertz CT molecular complexity index is 482. The van der Waals surface area contributed by atoms with Crippen molar-refractivity contribution in [1.29, 1.82) is 0 Å². The summed E-state index contributed by atoms with van der Waals surface area (Å²) >= 11 is 1.60. The van der Waals surface area contributed by atoms with Crippen LogP contribution in [0.1, 0.15) is 24.1 Å². The number of anilines is 1. The SMILES string of the molecule is COc1cc(C)ccc1C(C)Nc1nccs1. The van der Waals surface area contributed by atoms with Crippen LogP contribution in [-0.2, 0) is 0 Å². The standard InChI is InChI=1S/C13H16N2OS/c1-9-4-5-11(12(8-9)16-3)10(2)15-13-14-6-7-17-13/h4-8,10H,1-3H3,(H,14,15). The zero-order chi connectivity index (χ0) is 12.3. The molecule has 0 saturated carbocycles. The van der Waals surface area contributed by atoms with E-state index in [0.29, 0.717) is 0 Å². The molecule has 3 nitrogen and oxygen atoms in total. The van der Waals surface area contributed by atoms with E-state index < -0.39 is 0 Å². The van der Waals surface area contributed by atoms with Crippen molar-refractivity contribution in [2.24, 2.45) is 0 Å². The molecule has 0 aliphatic rings. The maximum absolute atomic E-state index is 5.41. The molecule has 1 heterocycles. The summed E-state index contributed by atoms with van der Waals surface area (Å²) < 4.78 is 5.41. The Morgan fingerprint density at radius 2 is 2.24 bits per heavy atom. The Labute approximate surface area is 105 Å². The Morgan fingerprint density at radius 1 is 1.41 bits per heavy atom. The highest BCUT2D eigenvalue weighted by Gasteiger charge is 2.12. The monoisotopic (exact) mass is 248 g/mol. The number of rotatable bonds is 4. The molecule has 17 heavy (non-hydrogen) atoms. The van der Waals surface area contributed by atoms with Crippen molar-refractivity contribution < 1.29 is 4.74 Å². The van der Waals surface area contributed by atoms with Gasteiger partial charge in [-0.1, -0.05) is 12.1 Å². The van der Waals surface area contributed by atoms with Crippen molar-refractivity contribution in [1.82, 2.24) is 4.98 Å². The zero-order valence-corrected chi connectivity index (χ0v) is 11.0. The van der Waals surface area contributed by atoms with E-state index in [4.69, 9.17) is 4.74 Å². The summed E-state index contributed by atoms with van der Waals surface area (Å²) in [5.74, 6) is 0.918. The smallest absolute Gasteiger partial charge is 0.183 e. The minimum Gasteiger partial charge on any atom is -0.496 e. The highest BCUT2D eigenvalue weighted by molar-refractivity contribution is 7.13. The molecule has 0 spiro atoms. The van der Waals surface area contributed by atoms with Gasteiger partial charge in [0.2, 0.25) is 0 Å². The lowest BCUT2D eigenvalue weighted by molar-refractivity contribution is 0.407. The lowest BCUT2D eigenvalue weighted by Gasteiger charge is -2.17. The topological polar surface area (TPSA) is 34.1 Å². The van der Waals surface area contributed by atoms with Crippen LogP contribution in [0, 0.1) is 6.92 Å². The first-order valence-corrected chi connectivity index (χ1v) is 6.39. The highest BCUT2D eigenvalue weighted by atomic mass is 32.1. The molecule has 1 N–H and O–H groups in total. The van der Waals surface area contributed by atoms with Gasteiger partial charge in [-0.15, -0.1) is 11.3 Å². The summed E-state index contributed by atoms with van der Waals surface area (Å²) in [4.78, 5) is 4.22. The van der Waals surface area contributed by atoms with Crippen LogP contribution >= 0.6 is 11.3 Å². The second-order valence-corrected chi connectivity index (χ2v) is 4.84. The van der Waals surface area contributed by atoms with Gasteiger partial charge in [0.1, 0.15) is 5.75 Å². The second kappa shape index (κ2) is 5.19. The number of methoxy groups -OCH3 is 1. The third-order valence-corrected chi connectivity index (χ3v) is 3.33. The average molecular weight is 248 g/mol. The molecular weight excluding hydrogens is 232 g/mol. The number of benzene rings is 1. The molecule has 0 saturated heterocycles. The summed E-state index contributed by atoms with van der Waals surface area (Å²) in [6.45, 7) is 4.17. The van der Waals surface area contributed by atoms with Crippen molar-refractivity contribution in [2.75, 3.05) is 12.4 Å². The Hall–Kier alpha value is -1.55. The number of hydrogen-bond acceptors (Lipinski definition) is 4. The molecule has 2 rings (SSSR count). The van der Waals surface area contributed by atoms with Crippen molar-refractivity contribution >= 4 is 16.5 Å². The van der Waals surface area contributed by atoms with Gasteiger partial charge in [-0.05, 0) is 25.5 Å². The van der Waals surface area contributed by atoms with Crippen LogP contribution < -0.4 is 10.1 Å². The number of thiazole rings is 1. The summed E-state index contributed by atoms with van der Waals surface area (Å²) in [6.07, 6.45) is 1.80. The van der Waals surface area contributed by atoms with E-state index in [-0.39, 0.29) is 6.04 Å². The van der Waals surface area contributed by atoms with Gasteiger partial charge in [0.05, 0.1) is 13.2 Å². The van der Waals surface area contributed by atoms with Crippen molar-refractivity contribution in [3.63, 3.8) is 0 Å². The highest BCUT2D eigenvalue weighted by Crippen LogP contribution is 2.29. The maximum atomic E-state index is 5.41. The van der Waals surface area contributed by atoms with Crippen LogP contribution in [0.25, 0.3) is 0 Å². The van der Waals surface area contributed by atoms with Gasteiger partial charge in [0.25, 0.3) is 0 Å². The molecule has 1 aromatic carbocycles. The fourth-order valence-electron chi connectivity index (χ4n) is 1.73. The van der Waals surface area contributed by atoms with Crippen molar-refractivity contribution in [3.8, 4) is 5.75 Å². The molecular formula is C13H16N2OS. The van der Waals surface area contributed by atoms with Gasteiger partial charge in [0, 0.05) is 17.1 Å². The van der Waals surface area contributed by atoms with E-state index in [9.17, 15) is 0 Å². The number of ether oxygens (including phenoxy) is 1. The third-order valence-electron chi connectivity index (χ3n) is 2.63. The Balaban J connectivity index is 2.21. The van der Waals surface area contributed by atoms with Crippen LogP contribution in [0.2, 0.25) is 0 Å². The van der Waals surface area contributed by atoms with Gasteiger partial charge in [-0.2, -0.15) is 0 Å².